The Labute approximate surface area is 184 Å². The Kier molecular flexibility index (Phi) is 6.52. The molecule has 0 spiro atoms. The fourth-order valence-corrected chi connectivity index (χ4v) is 4.91. The van der Waals surface area contributed by atoms with Crippen LogP contribution in [0.5, 0.6) is 0 Å². The van der Waals surface area contributed by atoms with Gasteiger partial charge in [-0.1, -0.05) is 19.6 Å². The molecule has 1 fully saturated rings. The summed E-state index contributed by atoms with van der Waals surface area (Å²) in [7, 11) is -1.09. The summed E-state index contributed by atoms with van der Waals surface area (Å²) in [6.45, 7) is 8.36. The predicted molar refractivity (Wildman–Crippen MR) is 124 cm³/mol. The van der Waals surface area contributed by atoms with E-state index in [1.807, 2.05) is 17.0 Å². The molecule has 0 amide bonds. The Morgan fingerprint density at radius 2 is 2.03 bits per heavy atom. The first-order valence-corrected chi connectivity index (χ1v) is 14.7. The molecule has 3 heterocycles. The first-order valence-electron chi connectivity index (χ1n) is 11.0. The van der Waals surface area contributed by atoms with E-state index < -0.39 is 8.07 Å². The van der Waals surface area contributed by atoms with Crippen LogP contribution in [-0.2, 0) is 11.5 Å². The standard InChI is InChI=1S/C22H32N6O2Si/c1-31(2,3)11-10-30-16-27-9-8-20-21(23-15-24-22(20)27)18-13-25-28(14-18)19-6-4-17(5-7-19)12-26-29/h8-9,12-15,17,19,29H,4-7,10-11,16H2,1-3H3/t17-,19+. The van der Waals surface area contributed by atoms with E-state index in [-0.39, 0.29) is 0 Å². The van der Waals surface area contributed by atoms with E-state index in [2.05, 4.69) is 56.8 Å². The van der Waals surface area contributed by atoms with Gasteiger partial charge in [0.1, 0.15) is 18.7 Å². The van der Waals surface area contributed by atoms with Crippen LogP contribution < -0.4 is 0 Å². The lowest BCUT2D eigenvalue weighted by Gasteiger charge is -2.26. The summed E-state index contributed by atoms with van der Waals surface area (Å²) in [6.07, 6.45) is 13.4. The van der Waals surface area contributed by atoms with Gasteiger partial charge in [0, 0.05) is 44.2 Å². The third-order valence-corrected chi connectivity index (χ3v) is 7.75. The fourth-order valence-electron chi connectivity index (χ4n) is 4.15. The van der Waals surface area contributed by atoms with Crippen LogP contribution in [0.2, 0.25) is 25.7 Å². The summed E-state index contributed by atoms with van der Waals surface area (Å²) in [4.78, 5) is 9.05. The normalized spacial score (nSPS) is 20.1. The van der Waals surface area contributed by atoms with Crippen LogP contribution in [0.25, 0.3) is 22.3 Å². The maximum Gasteiger partial charge on any atom is 0.145 e. The Balaban J connectivity index is 1.46. The van der Waals surface area contributed by atoms with Crippen LogP contribution in [-0.4, -0.2) is 50.4 Å². The van der Waals surface area contributed by atoms with Crippen molar-refractivity contribution in [1.82, 2.24) is 24.3 Å². The summed E-state index contributed by atoms with van der Waals surface area (Å²) >= 11 is 0. The highest BCUT2D eigenvalue weighted by molar-refractivity contribution is 6.76. The molecule has 3 aromatic heterocycles. The van der Waals surface area contributed by atoms with Crippen LogP contribution in [0.3, 0.4) is 0 Å². The van der Waals surface area contributed by atoms with E-state index in [0.717, 1.165) is 60.6 Å². The summed E-state index contributed by atoms with van der Waals surface area (Å²) in [6, 6.07) is 3.59. The van der Waals surface area contributed by atoms with E-state index in [9.17, 15) is 0 Å². The molecular weight excluding hydrogens is 408 g/mol. The number of ether oxygens (including phenoxy) is 1. The van der Waals surface area contributed by atoms with Crippen LogP contribution in [0.1, 0.15) is 31.7 Å². The Morgan fingerprint density at radius 3 is 2.77 bits per heavy atom. The van der Waals surface area contributed by atoms with E-state index in [4.69, 9.17) is 9.94 Å². The second-order valence-electron chi connectivity index (χ2n) is 9.64. The summed E-state index contributed by atoms with van der Waals surface area (Å²) in [5, 5.41) is 17.6. The number of hydrogen-bond acceptors (Lipinski definition) is 6. The van der Waals surface area contributed by atoms with Crippen molar-refractivity contribution in [2.24, 2.45) is 11.1 Å². The van der Waals surface area contributed by atoms with Crippen molar-refractivity contribution in [3.05, 3.63) is 31.0 Å². The van der Waals surface area contributed by atoms with Crippen molar-refractivity contribution in [3.8, 4) is 11.3 Å². The third-order valence-electron chi connectivity index (χ3n) is 6.05. The maximum atomic E-state index is 8.74. The minimum Gasteiger partial charge on any atom is -0.411 e. The van der Waals surface area contributed by atoms with Gasteiger partial charge in [0.2, 0.25) is 0 Å². The number of rotatable bonds is 8. The molecule has 4 rings (SSSR count). The zero-order chi connectivity index (χ0) is 21.8. The molecule has 1 N–H and O–H groups in total. The highest BCUT2D eigenvalue weighted by Crippen LogP contribution is 2.33. The Morgan fingerprint density at radius 1 is 1.23 bits per heavy atom. The molecule has 0 aliphatic heterocycles. The van der Waals surface area contributed by atoms with Crippen molar-refractivity contribution in [2.45, 2.75) is 64.1 Å². The van der Waals surface area contributed by atoms with Gasteiger partial charge in [-0.2, -0.15) is 5.10 Å². The topological polar surface area (TPSA) is 90.4 Å². The van der Waals surface area contributed by atoms with Gasteiger partial charge in [0.25, 0.3) is 0 Å². The first-order chi connectivity index (χ1) is 14.9. The molecule has 1 aliphatic rings. The SMILES string of the molecule is C[Si](C)(C)CCOCn1ccc2c(-c3cnn([C@H]4CC[C@@H](C=NO)CC4)c3)ncnc21. The molecule has 8 nitrogen and oxygen atoms in total. The van der Waals surface area contributed by atoms with Gasteiger partial charge in [0.15, 0.2) is 0 Å². The number of hydrogen-bond donors (Lipinski definition) is 1. The van der Waals surface area contributed by atoms with Gasteiger partial charge in [-0.15, -0.1) is 5.16 Å². The third kappa shape index (κ3) is 5.22. The van der Waals surface area contributed by atoms with Crippen LogP contribution in [0, 0.1) is 5.92 Å². The predicted octanol–water partition coefficient (Wildman–Crippen LogP) is 4.80. The monoisotopic (exact) mass is 440 g/mol. The van der Waals surface area contributed by atoms with E-state index >= 15 is 0 Å². The zero-order valence-corrected chi connectivity index (χ0v) is 19.6. The largest absolute Gasteiger partial charge is 0.411 e. The number of nitrogens with zero attached hydrogens (tertiary/aromatic N) is 6. The second-order valence-corrected chi connectivity index (χ2v) is 15.3. The second kappa shape index (κ2) is 9.31. The highest BCUT2D eigenvalue weighted by Gasteiger charge is 2.23. The first kappa shape index (κ1) is 21.7. The van der Waals surface area contributed by atoms with Crippen molar-refractivity contribution in [2.75, 3.05) is 6.61 Å². The lowest BCUT2D eigenvalue weighted by atomic mass is 9.87. The molecule has 0 aromatic carbocycles. The van der Waals surface area contributed by atoms with Crippen LogP contribution >= 0.6 is 0 Å². The molecule has 0 bridgehead atoms. The number of fused-ring (bicyclic) bond motifs is 1. The average molecular weight is 441 g/mol. The van der Waals surface area contributed by atoms with Gasteiger partial charge in [-0.3, -0.25) is 4.68 Å². The van der Waals surface area contributed by atoms with Crippen LogP contribution in [0.4, 0.5) is 0 Å². The van der Waals surface area contributed by atoms with Gasteiger partial charge in [-0.25, -0.2) is 9.97 Å². The molecule has 31 heavy (non-hydrogen) atoms. The van der Waals surface area contributed by atoms with E-state index in [1.54, 1.807) is 12.5 Å². The van der Waals surface area contributed by atoms with Gasteiger partial charge >= 0.3 is 0 Å². The van der Waals surface area contributed by atoms with Crippen molar-refractivity contribution in [3.63, 3.8) is 0 Å². The van der Waals surface area contributed by atoms with Gasteiger partial charge < -0.3 is 14.5 Å². The molecular formula is C22H32N6O2Si. The highest BCUT2D eigenvalue weighted by atomic mass is 28.3. The maximum absolute atomic E-state index is 8.74. The quantitative estimate of drug-likeness (QED) is 0.179. The molecule has 3 aromatic rings. The summed E-state index contributed by atoms with van der Waals surface area (Å²) in [5.74, 6) is 0.366. The van der Waals surface area contributed by atoms with Crippen LogP contribution in [0.15, 0.2) is 36.1 Å². The summed E-state index contributed by atoms with van der Waals surface area (Å²) in [5.41, 5.74) is 2.79. The fraction of sp³-hybridized carbons (Fsp3) is 0.545. The lowest BCUT2D eigenvalue weighted by molar-refractivity contribution is 0.0899. The molecule has 0 atom stereocenters. The van der Waals surface area contributed by atoms with Crippen molar-refractivity contribution >= 4 is 25.3 Å². The van der Waals surface area contributed by atoms with E-state index in [0.29, 0.717) is 18.7 Å². The zero-order valence-electron chi connectivity index (χ0n) is 18.6. The van der Waals surface area contributed by atoms with Gasteiger partial charge in [-0.05, 0) is 43.7 Å². The smallest absolute Gasteiger partial charge is 0.145 e. The molecule has 9 heteroatoms. The average Bonchev–Trinajstić information content (AvgIpc) is 3.39. The molecule has 0 unspecified atom stereocenters. The molecule has 1 saturated carbocycles. The number of oxime groups is 1. The Bertz CT molecular complexity index is 1030. The molecule has 1 aliphatic carbocycles. The number of aromatic nitrogens is 5. The summed E-state index contributed by atoms with van der Waals surface area (Å²) < 4.78 is 10.0. The van der Waals surface area contributed by atoms with Crippen molar-refractivity contribution in [1.29, 1.82) is 0 Å². The van der Waals surface area contributed by atoms with E-state index in [1.165, 1.54) is 0 Å². The molecule has 0 radical (unpaired) electrons. The molecule has 0 saturated heterocycles. The minimum atomic E-state index is -1.09. The Hall–Kier alpha value is -2.52. The minimum absolute atomic E-state index is 0.366. The lowest BCUT2D eigenvalue weighted by Crippen LogP contribution is -2.22. The van der Waals surface area contributed by atoms with Crippen molar-refractivity contribution < 1.29 is 9.94 Å². The van der Waals surface area contributed by atoms with Gasteiger partial charge in [0.05, 0.1) is 17.9 Å². The molecule has 166 valence electrons.